The van der Waals surface area contributed by atoms with Crippen LogP contribution in [0.3, 0.4) is 0 Å². The van der Waals surface area contributed by atoms with E-state index in [-0.39, 0.29) is 10.6 Å². The third kappa shape index (κ3) is 1.29. The van der Waals surface area contributed by atoms with Crippen molar-refractivity contribution in [3.8, 4) is 0 Å². The smallest absolute Gasteiger partial charge is 0.219 e. The number of hydrogen-bond acceptors (Lipinski definition) is 1. The first kappa shape index (κ1) is 7.14. The van der Waals surface area contributed by atoms with Crippen molar-refractivity contribution in [3.63, 3.8) is 0 Å². The largest absolute Gasteiger partial charge is 0.282 e. The minimum atomic E-state index is -0.179. The lowest BCUT2D eigenvalue weighted by Gasteiger charge is -2.15. The van der Waals surface area contributed by atoms with E-state index in [9.17, 15) is 4.79 Å². The number of halogens is 1. The summed E-state index contributed by atoms with van der Waals surface area (Å²) in [5.41, 5.74) is 0. The lowest BCUT2D eigenvalue weighted by atomic mass is 9.69. The molecule has 0 aromatic heterocycles. The summed E-state index contributed by atoms with van der Waals surface area (Å²) >= 11 is 5.39. The van der Waals surface area contributed by atoms with Gasteiger partial charge in [-0.25, -0.2) is 0 Å². The van der Waals surface area contributed by atoms with Gasteiger partial charge in [-0.2, -0.15) is 0 Å². The van der Waals surface area contributed by atoms with Crippen LogP contribution in [0.25, 0.3) is 0 Å². The molecule has 0 heterocycles. The maximum absolute atomic E-state index is 10.7. The van der Waals surface area contributed by atoms with Crippen LogP contribution in [0.5, 0.6) is 0 Å². The van der Waals surface area contributed by atoms with Gasteiger partial charge in [0, 0.05) is 5.31 Å². The molecular formula is C6H10BClO. The van der Waals surface area contributed by atoms with Gasteiger partial charge in [0.05, 0.1) is 0 Å². The fourth-order valence-electron chi connectivity index (χ4n) is 1.35. The second-order valence-electron chi connectivity index (χ2n) is 3.04. The summed E-state index contributed by atoms with van der Waals surface area (Å²) in [5, 5.41) is -0.332. The van der Waals surface area contributed by atoms with E-state index in [0.717, 1.165) is 25.7 Å². The van der Waals surface area contributed by atoms with Gasteiger partial charge in [-0.1, -0.05) is 12.8 Å². The molecule has 1 nitrogen and oxygen atoms in total. The Kier molecular flexibility index (Phi) is 1.85. The topological polar surface area (TPSA) is 17.1 Å². The molecule has 0 bridgehead atoms. The number of carbonyl (C=O) groups excluding carboxylic acids is 1. The number of carbonyl (C=O) groups is 1. The molecule has 0 radical (unpaired) electrons. The molecule has 0 atom stereocenters. The van der Waals surface area contributed by atoms with Crippen LogP contribution in [0.15, 0.2) is 0 Å². The van der Waals surface area contributed by atoms with Gasteiger partial charge < -0.3 is 0 Å². The van der Waals surface area contributed by atoms with Crippen LogP contribution in [0.4, 0.5) is 0 Å². The van der Waals surface area contributed by atoms with Crippen LogP contribution < -0.4 is 0 Å². The van der Waals surface area contributed by atoms with Gasteiger partial charge in [-0.3, -0.25) is 4.79 Å². The maximum atomic E-state index is 10.7. The highest BCUT2D eigenvalue weighted by molar-refractivity contribution is 6.69. The highest BCUT2D eigenvalue weighted by atomic mass is 35.5. The zero-order valence-corrected chi connectivity index (χ0v) is 6.37. The predicted octanol–water partition coefficient (Wildman–Crippen LogP) is 1.12. The van der Waals surface area contributed by atoms with Crippen LogP contribution >= 0.6 is 11.6 Å². The van der Waals surface area contributed by atoms with Gasteiger partial charge in [-0.05, 0) is 24.4 Å². The third-order valence-corrected chi connectivity index (χ3v) is 2.64. The molecule has 0 aliphatic heterocycles. The summed E-state index contributed by atoms with van der Waals surface area (Å²) in [6, 6.07) is 0. The molecular weight excluding hydrogens is 134 g/mol. The fraction of sp³-hybridized carbons (Fsp3) is 0.833. The van der Waals surface area contributed by atoms with Crippen molar-refractivity contribution in [3.05, 3.63) is 0 Å². The standard InChI is InChI=1S/C6H10BClO/c7-6(5(8)9)3-1-2-4-6/h1-4,7H2. The number of rotatable bonds is 1. The summed E-state index contributed by atoms with van der Waals surface area (Å²) in [7, 11) is 1.95. The van der Waals surface area contributed by atoms with Crippen LogP contribution in [0.1, 0.15) is 25.7 Å². The normalized spacial score (nSPS) is 24.1. The van der Waals surface area contributed by atoms with Gasteiger partial charge in [-0.15, -0.1) is 0 Å². The second kappa shape index (κ2) is 2.33. The van der Waals surface area contributed by atoms with Gasteiger partial charge in [0.25, 0.3) is 0 Å². The van der Waals surface area contributed by atoms with Gasteiger partial charge in [0.2, 0.25) is 5.24 Å². The summed E-state index contributed by atoms with van der Waals surface area (Å²) in [5.74, 6) is 0. The lowest BCUT2D eigenvalue weighted by molar-refractivity contribution is -0.114. The van der Waals surface area contributed by atoms with Crippen molar-refractivity contribution < 1.29 is 4.79 Å². The first-order valence-corrected chi connectivity index (χ1v) is 3.73. The Labute approximate surface area is 61.2 Å². The maximum Gasteiger partial charge on any atom is 0.219 e. The van der Waals surface area contributed by atoms with Crippen LogP contribution in [0, 0.1) is 0 Å². The molecule has 0 aromatic rings. The average Bonchev–Trinajstić information content (AvgIpc) is 2.16. The van der Waals surface area contributed by atoms with Crippen LogP contribution in [-0.4, -0.2) is 13.1 Å². The predicted molar refractivity (Wildman–Crippen MR) is 40.6 cm³/mol. The molecule has 0 amide bonds. The minimum absolute atomic E-state index is 0.153. The fourth-order valence-corrected chi connectivity index (χ4v) is 1.54. The first-order valence-electron chi connectivity index (χ1n) is 3.35. The first-order chi connectivity index (χ1) is 4.15. The Morgan fingerprint density at radius 2 is 1.89 bits per heavy atom. The van der Waals surface area contributed by atoms with Crippen molar-refractivity contribution in [2.75, 3.05) is 0 Å². The molecule has 0 N–H and O–H groups in total. The van der Waals surface area contributed by atoms with Crippen molar-refractivity contribution in [1.29, 1.82) is 0 Å². The van der Waals surface area contributed by atoms with E-state index in [0.29, 0.717) is 0 Å². The van der Waals surface area contributed by atoms with E-state index < -0.39 is 0 Å². The summed E-state index contributed by atoms with van der Waals surface area (Å²) in [6.07, 6.45) is 4.29. The lowest BCUT2D eigenvalue weighted by Crippen LogP contribution is -2.15. The highest BCUT2D eigenvalue weighted by Gasteiger charge is 2.34. The van der Waals surface area contributed by atoms with Crippen LogP contribution in [0.2, 0.25) is 5.31 Å². The van der Waals surface area contributed by atoms with Crippen molar-refractivity contribution in [2.24, 2.45) is 0 Å². The van der Waals surface area contributed by atoms with Crippen molar-refractivity contribution in [2.45, 2.75) is 31.0 Å². The Hall–Kier alpha value is 0.0249. The van der Waals surface area contributed by atoms with Crippen molar-refractivity contribution in [1.82, 2.24) is 0 Å². The number of hydrogen-bond donors (Lipinski definition) is 0. The van der Waals surface area contributed by atoms with Gasteiger partial charge >= 0.3 is 0 Å². The summed E-state index contributed by atoms with van der Waals surface area (Å²) in [6.45, 7) is 0. The second-order valence-corrected chi connectivity index (χ2v) is 3.38. The van der Waals surface area contributed by atoms with E-state index in [2.05, 4.69) is 0 Å². The van der Waals surface area contributed by atoms with E-state index in [1.807, 2.05) is 7.85 Å². The van der Waals surface area contributed by atoms with Crippen molar-refractivity contribution >= 4 is 24.7 Å². The molecule has 1 fully saturated rings. The molecule has 1 aliphatic rings. The highest BCUT2D eigenvalue weighted by Crippen LogP contribution is 2.43. The molecule has 1 aliphatic carbocycles. The third-order valence-electron chi connectivity index (χ3n) is 2.18. The van der Waals surface area contributed by atoms with Gasteiger partial charge in [0.15, 0.2) is 0 Å². The Bertz CT molecular complexity index is 129. The van der Waals surface area contributed by atoms with E-state index in [1.54, 1.807) is 0 Å². The molecule has 0 aromatic carbocycles. The van der Waals surface area contributed by atoms with E-state index in [4.69, 9.17) is 11.6 Å². The Morgan fingerprint density at radius 3 is 2.11 bits per heavy atom. The zero-order valence-electron chi connectivity index (χ0n) is 5.61. The van der Waals surface area contributed by atoms with Crippen LogP contribution in [-0.2, 0) is 4.79 Å². The van der Waals surface area contributed by atoms with Gasteiger partial charge in [0.1, 0.15) is 7.85 Å². The molecule has 50 valence electrons. The average molecular weight is 144 g/mol. The SMILES string of the molecule is BC1(C(=O)Cl)CCCC1. The molecule has 1 saturated carbocycles. The molecule has 9 heavy (non-hydrogen) atoms. The monoisotopic (exact) mass is 144 g/mol. The Balaban J connectivity index is 2.61. The Morgan fingerprint density at radius 1 is 1.44 bits per heavy atom. The zero-order chi connectivity index (χ0) is 6.91. The van der Waals surface area contributed by atoms with E-state index >= 15 is 0 Å². The molecule has 1 rings (SSSR count). The summed E-state index contributed by atoms with van der Waals surface area (Å²) in [4.78, 5) is 10.7. The molecule has 0 spiro atoms. The minimum Gasteiger partial charge on any atom is -0.282 e. The molecule has 0 saturated heterocycles. The molecule has 3 heteroatoms. The quantitative estimate of drug-likeness (QED) is 0.398. The molecule has 0 unspecified atom stereocenters. The van der Waals surface area contributed by atoms with E-state index in [1.165, 1.54) is 0 Å². The summed E-state index contributed by atoms with van der Waals surface area (Å²) < 4.78 is 0.